The molecule has 1 aromatic carbocycles. The van der Waals surface area contributed by atoms with E-state index in [0.717, 1.165) is 29.8 Å². The van der Waals surface area contributed by atoms with E-state index in [2.05, 4.69) is 0 Å². The molecule has 1 heterocycles. The predicted octanol–water partition coefficient (Wildman–Crippen LogP) is 0.651. The van der Waals surface area contributed by atoms with E-state index in [1.165, 1.54) is 0 Å². The molecule has 104 valence electrons. The molecule has 1 aromatic rings. The average Bonchev–Trinajstić information content (AvgIpc) is 2.40. The number of hydrogen-bond donors (Lipinski definition) is 2. The molecule has 5 heteroatoms. The Morgan fingerprint density at radius 1 is 1.32 bits per heavy atom. The van der Waals surface area contributed by atoms with Gasteiger partial charge in [-0.3, -0.25) is 4.79 Å². The van der Waals surface area contributed by atoms with Gasteiger partial charge in [0.15, 0.2) is 6.10 Å². The lowest BCUT2D eigenvalue weighted by atomic mass is 10.1. The molecule has 4 N–H and O–H groups in total. The number of anilines is 1. The number of fused-ring (bicyclic) bond motifs is 1. The van der Waals surface area contributed by atoms with Crippen molar-refractivity contribution in [1.29, 1.82) is 0 Å². The molecule has 0 fully saturated rings. The van der Waals surface area contributed by atoms with Crippen molar-refractivity contribution >= 4 is 11.6 Å². The third-order valence-electron chi connectivity index (χ3n) is 3.25. The molecule has 2 rings (SSSR count). The summed E-state index contributed by atoms with van der Waals surface area (Å²) in [5, 5.41) is 0. The molecule has 1 aliphatic heterocycles. The first-order chi connectivity index (χ1) is 9.17. The molecule has 0 saturated heterocycles. The molecule has 1 unspecified atom stereocenters. The maximum Gasteiger partial charge on any atom is 0.267 e. The summed E-state index contributed by atoms with van der Waals surface area (Å²) in [7, 11) is 0. The van der Waals surface area contributed by atoms with Crippen LogP contribution in [-0.4, -0.2) is 31.6 Å². The highest BCUT2D eigenvalue weighted by Gasteiger charge is 2.31. The molecular formula is C14H21N3O2. The second-order valence-electron chi connectivity index (χ2n) is 4.73. The monoisotopic (exact) mass is 263 g/mol. The lowest BCUT2D eigenvalue weighted by molar-refractivity contribution is -0.125. The van der Waals surface area contributed by atoms with Gasteiger partial charge in [-0.2, -0.15) is 0 Å². The summed E-state index contributed by atoms with van der Waals surface area (Å²) < 4.78 is 5.63. The Morgan fingerprint density at radius 3 is 2.79 bits per heavy atom. The largest absolute Gasteiger partial charge is 0.479 e. The van der Waals surface area contributed by atoms with Gasteiger partial charge in [0.2, 0.25) is 0 Å². The Kier molecular flexibility index (Phi) is 4.39. The van der Waals surface area contributed by atoms with Crippen LogP contribution in [-0.2, 0) is 11.2 Å². The average molecular weight is 263 g/mol. The highest BCUT2D eigenvalue weighted by Crippen LogP contribution is 2.35. The van der Waals surface area contributed by atoms with E-state index in [1.54, 1.807) is 11.8 Å². The molecule has 1 aliphatic rings. The smallest absolute Gasteiger partial charge is 0.267 e. The minimum Gasteiger partial charge on any atom is -0.479 e. The standard InChI is InChI=1S/C14H21N3O2/c1-10-14(18)17(8-2-6-15)12-9-11(5-7-16)3-4-13(12)19-10/h3-4,9-10H,2,5-8,15-16H2,1H3. The number of carbonyl (C=O) groups excluding carboxylic acids is 1. The minimum atomic E-state index is -0.439. The second kappa shape index (κ2) is 6.04. The Labute approximate surface area is 113 Å². The minimum absolute atomic E-state index is 0.00847. The van der Waals surface area contributed by atoms with E-state index in [-0.39, 0.29) is 5.91 Å². The van der Waals surface area contributed by atoms with E-state index >= 15 is 0 Å². The number of nitrogens with two attached hydrogens (primary N) is 2. The zero-order valence-corrected chi connectivity index (χ0v) is 11.3. The van der Waals surface area contributed by atoms with E-state index in [0.29, 0.717) is 19.6 Å². The number of ether oxygens (including phenoxy) is 1. The van der Waals surface area contributed by atoms with Gasteiger partial charge in [0.25, 0.3) is 5.91 Å². The zero-order valence-electron chi connectivity index (χ0n) is 11.3. The molecule has 0 aromatic heterocycles. The summed E-state index contributed by atoms with van der Waals surface area (Å²) >= 11 is 0. The van der Waals surface area contributed by atoms with Crippen molar-refractivity contribution in [1.82, 2.24) is 0 Å². The molecule has 1 amide bonds. The van der Waals surface area contributed by atoms with Gasteiger partial charge in [-0.05, 0) is 50.6 Å². The number of carbonyl (C=O) groups is 1. The molecule has 0 saturated carbocycles. The first kappa shape index (κ1) is 13.8. The molecule has 1 atom stereocenters. The van der Waals surface area contributed by atoms with Gasteiger partial charge >= 0.3 is 0 Å². The Hall–Kier alpha value is -1.59. The van der Waals surface area contributed by atoms with Gasteiger partial charge in [-0.15, -0.1) is 0 Å². The van der Waals surface area contributed by atoms with E-state index in [1.807, 2.05) is 18.2 Å². The van der Waals surface area contributed by atoms with Crippen LogP contribution in [0, 0.1) is 0 Å². The summed E-state index contributed by atoms with van der Waals surface area (Å²) in [6, 6.07) is 5.90. The summed E-state index contributed by atoms with van der Waals surface area (Å²) in [6.45, 7) is 3.56. The highest BCUT2D eigenvalue weighted by atomic mass is 16.5. The van der Waals surface area contributed by atoms with Gasteiger partial charge in [0.1, 0.15) is 5.75 Å². The van der Waals surface area contributed by atoms with E-state index in [9.17, 15) is 4.79 Å². The van der Waals surface area contributed by atoms with Crippen molar-refractivity contribution in [3.05, 3.63) is 23.8 Å². The van der Waals surface area contributed by atoms with E-state index < -0.39 is 6.10 Å². The second-order valence-corrected chi connectivity index (χ2v) is 4.73. The fourth-order valence-corrected chi connectivity index (χ4v) is 2.25. The zero-order chi connectivity index (χ0) is 13.8. The van der Waals surface area contributed by atoms with Crippen LogP contribution in [0.4, 0.5) is 5.69 Å². The molecule has 0 bridgehead atoms. The topological polar surface area (TPSA) is 81.6 Å². The van der Waals surface area contributed by atoms with Crippen molar-refractivity contribution < 1.29 is 9.53 Å². The highest BCUT2D eigenvalue weighted by molar-refractivity contribution is 5.99. The van der Waals surface area contributed by atoms with Crippen molar-refractivity contribution in [3.63, 3.8) is 0 Å². The molecule has 0 spiro atoms. The van der Waals surface area contributed by atoms with Gasteiger partial charge in [-0.1, -0.05) is 6.07 Å². The fraction of sp³-hybridized carbons (Fsp3) is 0.500. The van der Waals surface area contributed by atoms with Crippen LogP contribution < -0.4 is 21.1 Å². The third kappa shape index (κ3) is 2.88. The van der Waals surface area contributed by atoms with Gasteiger partial charge in [0, 0.05) is 6.54 Å². The van der Waals surface area contributed by atoms with Crippen LogP contribution in [0.1, 0.15) is 18.9 Å². The van der Waals surface area contributed by atoms with Gasteiger partial charge in [0.05, 0.1) is 5.69 Å². The number of hydrogen-bond acceptors (Lipinski definition) is 4. The first-order valence-corrected chi connectivity index (χ1v) is 6.68. The lowest BCUT2D eigenvalue weighted by Gasteiger charge is -2.33. The first-order valence-electron chi connectivity index (χ1n) is 6.68. The summed E-state index contributed by atoms with van der Waals surface area (Å²) in [6.07, 6.45) is 1.13. The predicted molar refractivity (Wildman–Crippen MR) is 75.3 cm³/mol. The number of benzene rings is 1. The SMILES string of the molecule is CC1Oc2ccc(CCN)cc2N(CCCN)C1=O. The summed E-state index contributed by atoms with van der Waals surface area (Å²) in [5.74, 6) is 0.746. The Bertz CT molecular complexity index is 462. The van der Waals surface area contributed by atoms with Crippen LogP contribution in [0.3, 0.4) is 0 Å². The third-order valence-corrected chi connectivity index (χ3v) is 3.25. The molecular weight excluding hydrogens is 242 g/mol. The van der Waals surface area contributed by atoms with Crippen molar-refractivity contribution in [3.8, 4) is 5.75 Å². The van der Waals surface area contributed by atoms with Crippen LogP contribution in [0.5, 0.6) is 5.75 Å². The molecule has 0 radical (unpaired) electrons. The van der Waals surface area contributed by atoms with Crippen LogP contribution in [0.25, 0.3) is 0 Å². The van der Waals surface area contributed by atoms with E-state index in [4.69, 9.17) is 16.2 Å². The summed E-state index contributed by atoms with van der Waals surface area (Å²) in [5.41, 5.74) is 13.1. The lowest BCUT2D eigenvalue weighted by Crippen LogP contribution is -2.45. The fourth-order valence-electron chi connectivity index (χ4n) is 2.25. The maximum absolute atomic E-state index is 12.2. The van der Waals surface area contributed by atoms with Gasteiger partial charge < -0.3 is 21.1 Å². The number of amides is 1. The number of rotatable bonds is 5. The quantitative estimate of drug-likeness (QED) is 0.817. The van der Waals surface area contributed by atoms with Crippen LogP contribution >= 0.6 is 0 Å². The van der Waals surface area contributed by atoms with Gasteiger partial charge in [-0.25, -0.2) is 0 Å². The summed E-state index contributed by atoms with van der Waals surface area (Å²) in [4.78, 5) is 14.0. The van der Waals surface area contributed by atoms with Crippen LogP contribution in [0.15, 0.2) is 18.2 Å². The Morgan fingerprint density at radius 2 is 2.11 bits per heavy atom. The van der Waals surface area contributed by atoms with Crippen molar-refractivity contribution in [2.45, 2.75) is 25.9 Å². The normalized spacial score (nSPS) is 18.2. The number of nitrogens with zero attached hydrogens (tertiary/aromatic N) is 1. The maximum atomic E-state index is 12.2. The van der Waals surface area contributed by atoms with Crippen molar-refractivity contribution in [2.24, 2.45) is 11.5 Å². The Balaban J connectivity index is 2.33. The molecule has 19 heavy (non-hydrogen) atoms. The molecule has 0 aliphatic carbocycles. The van der Waals surface area contributed by atoms with Crippen LogP contribution in [0.2, 0.25) is 0 Å². The molecule has 5 nitrogen and oxygen atoms in total. The van der Waals surface area contributed by atoms with Crippen molar-refractivity contribution in [2.75, 3.05) is 24.5 Å².